The normalized spacial score (nSPS) is 18.3. The minimum Gasteiger partial charge on any atom is -0.390 e. The number of amides is 1. The van der Waals surface area contributed by atoms with Crippen LogP contribution in [0.15, 0.2) is 24.3 Å². The highest BCUT2D eigenvalue weighted by Crippen LogP contribution is 2.32. The molecule has 2 rings (SSSR count). The van der Waals surface area contributed by atoms with E-state index in [4.69, 9.17) is 0 Å². The Morgan fingerprint density at radius 2 is 1.96 bits per heavy atom. The molecule has 1 saturated heterocycles. The molecule has 0 aromatic heterocycles. The van der Waals surface area contributed by atoms with Gasteiger partial charge in [0.25, 0.3) is 0 Å². The van der Waals surface area contributed by atoms with Crippen LogP contribution in [0.3, 0.4) is 0 Å². The lowest BCUT2D eigenvalue weighted by atomic mass is 9.82. The molecule has 23 heavy (non-hydrogen) atoms. The van der Waals surface area contributed by atoms with Crippen LogP contribution in [-0.4, -0.2) is 41.7 Å². The summed E-state index contributed by atoms with van der Waals surface area (Å²) in [6.45, 7) is 7.80. The van der Waals surface area contributed by atoms with Crippen molar-refractivity contribution in [2.75, 3.05) is 19.6 Å². The quantitative estimate of drug-likeness (QED) is 0.846. The predicted octanol–water partition coefficient (Wildman–Crippen LogP) is 2.49. The lowest BCUT2D eigenvalue weighted by Gasteiger charge is -2.33. The van der Waals surface area contributed by atoms with Crippen molar-refractivity contribution < 1.29 is 14.3 Å². The van der Waals surface area contributed by atoms with E-state index >= 15 is 0 Å². The lowest BCUT2D eigenvalue weighted by Crippen LogP contribution is -2.42. The fraction of sp³-hybridized carbons (Fsp3) is 0.611. The van der Waals surface area contributed by atoms with Crippen molar-refractivity contribution >= 4 is 5.91 Å². The number of halogens is 1. The first-order chi connectivity index (χ1) is 10.8. The Morgan fingerprint density at radius 1 is 1.30 bits per heavy atom. The van der Waals surface area contributed by atoms with Crippen LogP contribution in [0.1, 0.15) is 45.2 Å². The molecule has 1 aliphatic heterocycles. The zero-order valence-corrected chi connectivity index (χ0v) is 14.2. The summed E-state index contributed by atoms with van der Waals surface area (Å²) in [6.07, 6.45) is 0.849. The average molecular weight is 322 g/mol. The standard InChI is InChI=1S/C18H27FN2O2/c1-18(2,3)17(13-6-8-14(19)9-7-13)20-11-15(22)12-21-10-4-5-16(21)23/h6-9,15,17,20,22H,4-5,10-12H2,1-3H3. The third-order valence-electron chi connectivity index (χ3n) is 4.23. The van der Waals surface area contributed by atoms with E-state index in [0.717, 1.165) is 18.5 Å². The van der Waals surface area contributed by atoms with Crippen LogP contribution < -0.4 is 5.32 Å². The first kappa shape index (κ1) is 17.9. The number of β-amino-alcohol motifs (C(OH)–C–C–N with tert-alkyl or cyclic N) is 1. The number of likely N-dealkylation sites (tertiary alicyclic amines) is 1. The molecule has 4 nitrogen and oxygen atoms in total. The van der Waals surface area contributed by atoms with Gasteiger partial charge in [-0.25, -0.2) is 4.39 Å². The molecule has 2 atom stereocenters. The van der Waals surface area contributed by atoms with Gasteiger partial charge in [-0.15, -0.1) is 0 Å². The Bertz CT molecular complexity index is 525. The maximum atomic E-state index is 13.1. The topological polar surface area (TPSA) is 52.6 Å². The number of aliphatic hydroxyl groups excluding tert-OH is 1. The summed E-state index contributed by atoms with van der Waals surface area (Å²) in [4.78, 5) is 13.3. The van der Waals surface area contributed by atoms with E-state index in [1.54, 1.807) is 17.0 Å². The third kappa shape index (κ3) is 5.01. The summed E-state index contributed by atoms with van der Waals surface area (Å²) in [7, 11) is 0. The zero-order chi connectivity index (χ0) is 17.0. The van der Waals surface area contributed by atoms with Crippen LogP contribution in [0.2, 0.25) is 0 Å². The molecule has 1 aromatic carbocycles. The van der Waals surface area contributed by atoms with Crippen LogP contribution in [0.5, 0.6) is 0 Å². The van der Waals surface area contributed by atoms with Crippen molar-refractivity contribution in [2.45, 2.75) is 45.8 Å². The van der Waals surface area contributed by atoms with Crippen LogP contribution in [-0.2, 0) is 4.79 Å². The highest BCUT2D eigenvalue weighted by molar-refractivity contribution is 5.78. The van der Waals surface area contributed by atoms with E-state index in [2.05, 4.69) is 26.1 Å². The van der Waals surface area contributed by atoms with Crippen LogP contribution in [0, 0.1) is 11.2 Å². The molecule has 5 heteroatoms. The van der Waals surface area contributed by atoms with Gasteiger partial charge in [-0.05, 0) is 29.5 Å². The molecule has 1 aromatic rings. The molecule has 2 unspecified atom stereocenters. The lowest BCUT2D eigenvalue weighted by molar-refractivity contribution is -0.128. The average Bonchev–Trinajstić information content (AvgIpc) is 2.85. The summed E-state index contributed by atoms with van der Waals surface area (Å²) in [6, 6.07) is 6.44. The monoisotopic (exact) mass is 322 g/mol. The highest BCUT2D eigenvalue weighted by atomic mass is 19.1. The molecule has 0 saturated carbocycles. The molecule has 2 N–H and O–H groups in total. The van der Waals surface area contributed by atoms with E-state index in [0.29, 0.717) is 19.5 Å². The van der Waals surface area contributed by atoms with Crippen molar-refractivity contribution in [3.8, 4) is 0 Å². The Labute approximate surface area is 137 Å². The summed E-state index contributed by atoms with van der Waals surface area (Å²) in [5.74, 6) is -0.135. The Kier molecular flexibility index (Phi) is 5.76. The molecular formula is C18H27FN2O2. The van der Waals surface area contributed by atoms with Crippen LogP contribution in [0.4, 0.5) is 4.39 Å². The van der Waals surface area contributed by atoms with E-state index in [-0.39, 0.29) is 23.2 Å². The van der Waals surface area contributed by atoms with Gasteiger partial charge >= 0.3 is 0 Å². The van der Waals surface area contributed by atoms with E-state index in [9.17, 15) is 14.3 Å². The minimum absolute atomic E-state index is 0.00738. The molecule has 0 bridgehead atoms. The van der Waals surface area contributed by atoms with Crippen molar-refractivity contribution in [2.24, 2.45) is 5.41 Å². The molecule has 1 aliphatic rings. The van der Waals surface area contributed by atoms with Gasteiger partial charge in [-0.1, -0.05) is 32.9 Å². The summed E-state index contributed by atoms with van der Waals surface area (Å²) in [5.41, 5.74) is 0.907. The van der Waals surface area contributed by atoms with Gasteiger partial charge in [0.1, 0.15) is 5.82 Å². The van der Waals surface area contributed by atoms with Gasteiger partial charge in [0.15, 0.2) is 0 Å². The highest BCUT2D eigenvalue weighted by Gasteiger charge is 2.28. The number of carbonyl (C=O) groups excluding carboxylic acids is 1. The number of benzene rings is 1. The Hall–Kier alpha value is -1.46. The molecule has 1 amide bonds. The molecule has 0 spiro atoms. The second-order valence-corrected chi connectivity index (χ2v) is 7.36. The predicted molar refractivity (Wildman–Crippen MR) is 88.4 cm³/mol. The second kappa shape index (κ2) is 7.41. The van der Waals surface area contributed by atoms with E-state index in [1.807, 2.05) is 0 Å². The number of hydrogen-bond donors (Lipinski definition) is 2. The van der Waals surface area contributed by atoms with Gasteiger partial charge in [0, 0.05) is 32.1 Å². The zero-order valence-electron chi connectivity index (χ0n) is 14.2. The van der Waals surface area contributed by atoms with Gasteiger partial charge in [0.05, 0.1) is 6.10 Å². The second-order valence-electron chi connectivity index (χ2n) is 7.36. The molecule has 128 valence electrons. The van der Waals surface area contributed by atoms with Gasteiger partial charge in [-0.3, -0.25) is 4.79 Å². The first-order valence-electron chi connectivity index (χ1n) is 8.22. The Balaban J connectivity index is 1.95. The van der Waals surface area contributed by atoms with E-state index < -0.39 is 6.10 Å². The fourth-order valence-corrected chi connectivity index (χ4v) is 3.05. The van der Waals surface area contributed by atoms with Crippen molar-refractivity contribution in [1.82, 2.24) is 10.2 Å². The third-order valence-corrected chi connectivity index (χ3v) is 4.23. The maximum Gasteiger partial charge on any atom is 0.222 e. The molecule has 0 radical (unpaired) electrons. The molecule has 1 heterocycles. The summed E-state index contributed by atoms with van der Waals surface area (Å²) >= 11 is 0. The molecule has 0 aliphatic carbocycles. The summed E-state index contributed by atoms with van der Waals surface area (Å²) in [5, 5.41) is 13.6. The van der Waals surface area contributed by atoms with Crippen LogP contribution >= 0.6 is 0 Å². The number of rotatable bonds is 6. The van der Waals surface area contributed by atoms with Gasteiger partial charge in [-0.2, -0.15) is 0 Å². The van der Waals surface area contributed by atoms with Crippen molar-refractivity contribution in [3.05, 3.63) is 35.6 Å². The number of nitrogens with zero attached hydrogens (tertiary/aromatic N) is 1. The van der Waals surface area contributed by atoms with E-state index in [1.165, 1.54) is 12.1 Å². The fourth-order valence-electron chi connectivity index (χ4n) is 3.05. The van der Waals surface area contributed by atoms with Crippen LogP contribution in [0.25, 0.3) is 0 Å². The summed E-state index contributed by atoms with van der Waals surface area (Å²) < 4.78 is 13.1. The number of carbonyl (C=O) groups is 1. The minimum atomic E-state index is -0.609. The van der Waals surface area contributed by atoms with Crippen molar-refractivity contribution in [3.63, 3.8) is 0 Å². The molecule has 1 fully saturated rings. The first-order valence-corrected chi connectivity index (χ1v) is 8.22. The SMILES string of the molecule is CC(C)(C)C(NCC(O)CN1CCCC1=O)c1ccc(F)cc1. The molecular weight excluding hydrogens is 295 g/mol. The number of aliphatic hydroxyl groups is 1. The Morgan fingerprint density at radius 3 is 2.48 bits per heavy atom. The largest absolute Gasteiger partial charge is 0.390 e. The number of nitrogens with one attached hydrogen (secondary N) is 1. The van der Waals surface area contributed by atoms with Crippen molar-refractivity contribution in [1.29, 1.82) is 0 Å². The van der Waals surface area contributed by atoms with Gasteiger partial charge in [0.2, 0.25) is 5.91 Å². The maximum absolute atomic E-state index is 13.1. The number of hydrogen-bond acceptors (Lipinski definition) is 3. The van der Waals surface area contributed by atoms with Gasteiger partial charge < -0.3 is 15.3 Å². The smallest absolute Gasteiger partial charge is 0.222 e.